The first-order chi connectivity index (χ1) is 8.22. The highest BCUT2D eigenvalue weighted by atomic mass is 32.1. The summed E-state index contributed by atoms with van der Waals surface area (Å²) >= 11 is 4.94. The Hall–Kier alpha value is -0.190. The van der Waals surface area contributed by atoms with Gasteiger partial charge in [0.1, 0.15) is 0 Å². The van der Waals surface area contributed by atoms with Gasteiger partial charge in [-0.2, -0.15) is 0 Å². The van der Waals surface area contributed by atoms with Crippen LogP contribution in [0.2, 0.25) is 0 Å². The van der Waals surface area contributed by atoms with E-state index in [1.54, 1.807) is 0 Å². The van der Waals surface area contributed by atoms with Gasteiger partial charge in [0.05, 0.1) is 4.99 Å². The number of nitrogens with two attached hydrogens (primary N) is 1. The third-order valence-corrected chi connectivity index (χ3v) is 3.55. The molecule has 0 radical (unpaired) electrons. The predicted molar refractivity (Wildman–Crippen MR) is 78.4 cm³/mol. The van der Waals surface area contributed by atoms with Crippen LogP contribution in [0.25, 0.3) is 0 Å². The normalized spacial score (nSPS) is 18.4. The third kappa shape index (κ3) is 6.96. The van der Waals surface area contributed by atoms with Crippen molar-refractivity contribution >= 4 is 17.2 Å². The van der Waals surface area contributed by atoms with Crippen LogP contribution < -0.4 is 5.73 Å². The van der Waals surface area contributed by atoms with Crippen molar-refractivity contribution in [3.8, 4) is 0 Å². The fourth-order valence-corrected chi connectivity index (χ4v) is 2.51. The van der Waals surface area contributed by atoms with Crippen LogP contribution in [-0.2, 0) is 0 Å². The van der Waals surface area contributed by atoms with Gasteiger partial charge < -0.3 is 10.6 Å². The minimum absolute atomic E-state index is 0.623. The molecule has 1 aliphatic rings. The molecule has 0 aliphatic carbocycles. The van der Waals surface area contributed by atoms with Gasteiger partial charge in [-0.15, -0.1) is 0 Å². The average molecular weight is 257 g/mol. The molecular formula is C13H27N3S. The molecule has 0 aromatic carbocycles. The standard InChI is InChI=1S/C13H27N3S/c1-2-3-4-5-6-7-15-8-10-16(11-9-15)12-13(14)17/h2-12H2,1H3,(H2,14,17). The topological polar surface area (TPSA) is 32.5 Å². The second-order valence-electron chi connectivity index (χ2n) is 5.00. The van der Waals surface area contributed by atoms with Crippen LogP contribution in [0, 0.1) is 0 Å². The summed E-state index contributed by atoms with van der Waals surface area (Å²) in [6.07, 6.45) is 6.87. The molecule has 0 aromatic rings. The van der Waals surface area contributed by atoms with E-state index in [9.17, 15) is 0 Å². The number of unbranched alkanes of at least 4 members (excludes halogenated alkanes) is 4. The van der Waals surface area contributed by atoms with Crippen molar-refractivity contribution in [3.63, 3.8) is 0 Å². The summed E-state index contributed by atoms with van der Waals surface area (Å²) < 4.78 is 0. The zero-order chi connectivity index (χ0) is 12.5. The van der Waals surface area contributed by atoms with E-state index in [1.165, 1.54) is 51.7 Å². The van der Waals surface area contributed by atoms with E-state index in [0.717, 1.165) is 19.6 Å². The number of rotatable bonds is 8. The second kappa shape index (κ2) is 8.84. The molecule has 0 unspecified atom stereocenters. The van der Waals surface area contributed by atoms with Crippen molar-refractivity contribution < 1.29 is 0 Å². The first-order valence-corrected chi connectivity index (χ1v) is 7.36. The first kappa shape index (κ1) is 14.9. The Morgan fingerprint density at radius 3 is 2.18 bits per heavy atom. The van der Waals surface area contributed by atoms with Gasteiger partial charge in [-0.1, -0.05) is 44.8 Å². The van der Waals surface area contributed by atoms with E-state index in [1.807, 2.05) is 0 Å². The van der Waals surface area contributed by atoms with Gasteiger partial charge in [0.15, 0.2) is 0 Å². The van der Waals surface area contributed by atoms with E-state index >= 15 is 0 Å². The molecule has 3 nitrogen and oxygen atoms in total. The number of nitrogens with zero attached hydrogens (tertiary/aromatic N) is 2. The van der Waals surface area contributed by atoms with Crippen LogP contribution in [0.15, 0.2) is 0 Å². The molecule has 1 aliphatic heterocycles. The molecule has 0 amide bonds. The van der Waals surface area contributed by atoms with Crippen molar-refractivity contribution in [3.05, 3.63) is 0 Å². The molecule has 0 atom stereocenters. The molecular weight excluding hydrogens is 230 g/mol. The minimum Gasteiger partial charge on any atom is -0.392 e. The van der Waals surface area contributed by atoms with Gasteiger partial charge in [0.2, 0.25) is 0 Å². The summed E-state index contributed by atoms with van der Waals surface area (Å²) in [7, 11) is 0. The van der Waals surface area contributed by atoms with Gasteiger partial charge >= 0.3 is 0 Å². The molecule has 1 saturated heterocycles. The molecule has 1 heterocycles. The Labute approximate surface area is 111 Å². The molecule has 17 heavy (non-hydrogen) atoms. The van der Waals surface area contributed by atoms with Gasteiger partial charge in [0.25, 0.3) is 0 Å². The van der Waals surface area contributed by atoms with Gasteiger partial charge in [-0.05, 0) is 13.0 Å². The van der Waals surface area contributed by atoms with E-state index in [2.05, 4.69) is 16.7 Å². The maximum absolute atomic E-state index is 5.56. The first-order valence-electron chi connectivity index (χ1n) is 6.95. The molecule has 0 saturated carbocycles. The maximum Gasteiger partial charge on any atom is 0.0870 e. The Bertz CT molecular complexity index is 213. The molecule has 1 rings (SSSR count). The Morgan fingerprint density at radius 1 is 1.00 bits per heavy atom. The van der Waals surface area contributed by atoms with Crippen LogP contribution in [0.5, 0.6) is 0 Å². The highest BCUT2D eigenvalue weighted by Crippen LogP contribution is 2.06. The number of hydrogen-bond acceptors (Lipinski definition) is 3. The summed E-state index contributed by atoms with van der Waals surface area (Å²) in [6.45, 7) is 8.91. The summed E-state index contributed by atoms with van der Waals surface area (Å²) in [5, 5.41) is 0. The van der Waals surface area contributed by atoms with Crippen LogP contribution in [0.1, 0.15) is 39.0 Å². The summed E-state index contributed by atoms with van der Waals surface area (Å²) in [4.78, 5) is 5.55. The molecule has 0 bridgehead atoms. The lowest BCUT2D eigenvalue weighted by atomic mass is 10.1. The monoisotopic (exact) mass is 257 g/mol. The lowest BCUT2D eigenvalue weighted by Gasteiger charge is -2.34. The highest BCUT2D eigenvalue weighted by Gasteiger charge is 2.16. The van der Waals surface area contributed by atoms with Crippen LogP contribution in [-0.4, -0.2) is 54.1 Å². The number of thiocarbonyl (C=S) groups is 1. The van der Waals surface area contributed by atoms with Crippen LogP contribution in [0.3, 0.4) is 0 Å². The molecule has 2 N–H and O–H groups in total. The smallest absolute Gasteiger partial charge is 0.0870 e. The summed E-state index contributed by atoms with van der Waals surface area (Å²) in [5.41, 5.74) is 5.56. The highest BCUT2D eigenvalue weighted by molar-refractivity contribution is 7.80. The fourth-order valence-electron chi connectivity index (χ4n) is 2.33. The van der Waals surface area contributed by atoms with E-state index in [0.29, 0.717) is 4.99 Å². The number of hydrogen-bond donors (Lipinski definition) is 1. The van der Waals surface area contributed by atoms with Crippen molar-refractivity contribution in [2.24, 2.45) is 5.73 Å². The zero-order valence-corrected chi connectivity index (χ0v) is 12.0. The largest absolute Gasteiger partial charge is 0.392 e. The van der Waals surface area contributed by atoms with E-state index in [4.69, 9.17) is 18.0 Å². The molecule has 0 aromatic heterocycles. The van der Waals surface area contributed by atoms with Crippen LogP contribution in [0.4, 0.5) is 0 Å². The minimum atomic E-state index is 0.623. The lowest BCUT2D eigenvalue weighted by Crippen LogP contribution is -2.48. The maximum atomic E-state index is 5.56. The number of piperazine rings is 1. The Morgan fingerprint density at radius 2 is 1.59 bits per heavy atom. The van der Waals surface area contributed by atoms with Crippen molar-refractivity contribution in [2.45, 2.75) is 39.0 Å². The third-order valence-electron chi connectivity index (χ3n) is 3.42. The Kier molecular flexibility index (Phi) is 7.73. The van der Waals surface area contributed by atoms with Crippen molar-refractivity contribution in [1.82, 2.24) is 9.80 Å². The molecule has 100 valence electrons. The quantitative estimate of drug-likeness (QED) is 0.531. The molecule has 4 heteroatoms. The Balaban J connectivity index is 2.01. The van der Waals surface area contributed by atoms with Gasteiger partial charge in [0, 0.05) is 32.7 Å². The molecule has 1 fully saturated rings. The zero-order valence-electron chi connectivity index (χ0n) is 11.2. The lowest BCUT2D eigenvalue weighted by molar-refractivity contribution is 0.144. The second-order valence-corrected chi connectivity index (χ2v) is 5.52. The van der Waals surface area contributed by atoms with E-state index < -0.39 is 0 Å². The summed E-state index contributed by atoms with van der Waals surface area (Å²) in [5.74, 6) is 0. The van der Waals surface area contributed by atoms with Crippen molar-refractivity contribution in [2.75, 3.05) is 39.3 Å². The van der Waals surface area contributed by atoms with Gasteiger partial charge in [-0.25, -0.2) is 0 Å². The SMILES string of the molecule is CCCCCCCN1CCN(CC(N)=S)CC1. The predicted octanol–water partition coefficient (Wildman–Crippen LogP) is 1.86. The summed E-state index contributed by atoms with van der Waals surface area (Å²) in [6, 6.07) is 0. The van der Waals surface area contributed by atoms with Crippen molar-refractivity contribution in [1.29, 1.82) is 0 Å². The average Bonchev–Trinajstić information content (AvgIpc) is 2.30. The van der Waals surface area contributed by atoms with Gasteiger partial charge in [-0.3, -0.25) is 4.90 Å². The van der Waals surface area contributed by atoms with E-state index in [-0.39, 0.29) is 0 Å². The molecule has 0 spiro atoms. The fraction of sp³-hybridized carbons (Fsp3) is 0.923. The van der Waals surface area contributed by atoms with Crippen LogP contribution >= 0.6 is 12.2 Å².